The molecular formula is C54H101NO18. The van der Waals surface area contributed by atoms with Crippen molar-refractivity contribution in [1.29, 1.82) is 0 Å². The number of nitrogens with one attached hydrogen (secondary N) is 1. The van der Waals surface area contributed by atoms with Crippen LogP contribution in [0.1, 0.15) is 194 Å². The zero-order valence-electron chi connectivity index (χ0n) is 44.4. The maximum atomic E-state index is 13.3. The van der Waals surface area contributed by atoms with Gasteiger partial charge >= 0.3 is 0 Å². The maximum absolute atomic E-state index is 13.3. The van der Waals surface area contributed by atoms with Gasteiger partial charge < -0.3 is 89.9 Å². The average Bonchev–Trinajstić information content (AvgIpc) is 3.39. The molecule has 0 aliphatic carbocycles. The number of allylic oxidation sites excluding steroid dienone is 2. The highest BCUT2D eigenvalue weighted by Gasteiger charge is 2.53. The predicted molar refractivity (Wildman–Crippen MR) is 273 cm³/mol. The van der Waals surface area contributed by atoms with E-state index in [4.69, 9.17) is 28.4 Å². The molecule has 0 spiro atoms. The third-order valence-electron chi connectivity index (χ3n) is 14.6. The summed E-state index contributed by atoms with van der Waals surface area (Å²) in [6, 6.07) is -0.886. The molecule has 3 fully saturated rings. The van der Waals surface area contributed by atoms with Crippen molar-refractivity contribution in [2.75, 3.05) is 26.4 Å². The van der Waals surface area contributed by atoms with E-state index in [0.29, 0.717) is 12.8 Å². The Kier molecular flexibility index (Phi) is 35.1. The van der Waals surface area contributed by atoms with Crippen LogP contribution >= 0.6 is 0 Å². The highest BCUT2D eigenvalue weighted by Crippen LogP contribution is 2.33. The van der Waals surface area contributed by atoms with Gasteiger partial charge in [-0.3, -0.25) is 4.79 Å². The van der Waals surface area contributed by atoms with E-state index in [2.05, 4.69) is 31.3 Å². The molecule has 430 valence electrons. The normalized spacial score (nSPS) is 31.8. The second-order valence-electron chi connectivity index (χ2n) is 20.8. The number of carbonyl (C=O) groups excluding carboxylic acids is 1. The number of amides is 1. The van der Waals surface area contributed by atoms with Crippen LogP contribution in [0.25, 0.3) is 0 Å². The molecule has 3 aliphatic heterocycles. The van der Waals surface area contributed by atoms with Crippen LogP contribution < -0.4 is 5.32 Å². The van der Waals surface area contributed by atoms with Crippen LogP contribution in [0.4, 0.5) is 0 Å². The first kappa shape index (κ1) is 65.8. The van der Waals surface area contributed by atoms with Crippen LogP contribution in [0, 0.1) is 0 Å². The molecule has 0 bridgehead atoms. The molecule has 3 rings (SSSR count). The first-order chi connectivity index (χ1) is 35.3. The van der Waals surface area contributed by atoms with E-state index in [9.17, 15) is 61.0 Å². The topological polar surface area (TPSA) is 307 Å². The van der Waals surface area contributed by atoms with Gasteiger partial charge in [0.15, 0.2) is 18.9 Å². The van der Waals surface area contributed by atoms with Crippen molar-refractivity contribution in [3.63, 3.8) is 0 Å². The fraction of sp³-hybridized carbons (Fsp3) is 0.944. The number of aliphatic hydroxyl groups is 11. The molecule has 3 aliphatic rings. The largest absolute Gasteiger partial charge is 0.394 e. The van der Waals surface area contributed by atoms with Gasteiger partial charge in [0.25, 0.3) is 0 Å². The lowest BCUT2D eigenvalue weighted by atomic mass is 9.96. The van der Waals surface area contributed by atoms with Gasteiger partial charge in [0, 0.05) is 6.42 Å². The Hall–Kier alpha value is -1.47. The summed E-state index contributed by atoms with van der Waals surface area (Å²) in [5.41, 5.74) is 0. The Labute approximate surface area is 436 Å². The van der Waals surface area contributed by atoms with Crippen LogP contribution in [-0.4, -0.2) is 193 Å². The zero-order chi connectivity index (χ0) is 53.4. The van der Waals surface area contributed by atoms with E-state index in [1.54, 1.807) is 0 Å². The summed E-state index contributed by atoms with van der Waals surface area (Å²) >= 11 is 0. The number of hydrogen-bond acceptors (Lipinski definition) is 18. The van der Waals surface area contributed by atoms with Crippen LogP contribution in [0.3, 0.4) is 0 Å². The lowest BCUT2D eigenvalue weighted by Gasteiger charge is -2.48. The van der Waals surface area contributed by atoms with Gasteiger partial charge in [-0.15, -0.1) is 0 Å². The third-order valence-corrected chi connectivity index (χ3v) is 14.6. The van der Waals surface area contributed by atoms with Crippen LogP contribution in [0.2, 0.25) is 0 Å². The summed E-state index contributed by atoms with van der Waals surface area (Å²) in [4.78, 5) is 13.3. The quantitative estimate of drug-likeness (QED) is 0.0306. The number of hydrogen-bond donors (Lipinski definition) is 12. The fourth-order valence-electron chi connectivity index (χ4n) is 9.84. The molecular weight excluding hydrogens is 951 g/mol. The minimum Gasteiger partial charge on any atom is -0.394 e. The van der Waals surface area contributed by atoms with Crippen molar-refractivity contribution in [3.8, 4) is 0 Å². The van der Waals surface area contributed by atoms with Crippen molar-refractivity contribution in [1.82, 2.24) is 5.32 Å². The van der Waals surface area contributed by atoms with Crippen molar-refractivity contribution < 1.29 is 89.4 Å². The number of carbonyl (C=O) groups is 1. The number of unbranched alkanes of at least 4 members (excludes halogenated alkanes) is 23. The van der Waals surface area contributed by atoms with Gasteiger partial charge in [-0.25, -0.2) is 0 Å². The predicted octanol–water partition coefficient (Wildman–Crippen LogP) is 3.82. The summed E-state index contributed by atoms with van der Waals surface area (Å²) in [5.74, 6) is -0.252. The molecule has 12 N–H and O–H groups in total. The lowest BCUT2D eigenvalue weighted by molar-refractivity contribution is -0.379. The van der Waals surface area contributed by atoms with Gasteiger partial charge in [0.1, 0.15) is 73.2 Å². The first-order valence-corrected chi connectivity index (χ1v) is 28.4. The van der Waals surface area contributed by atoms with Crippen LogP contribution in [0.15, 0.2) is 12.2 Å². The zero-order valence-corrected chi connectivity index (χ0v) is 44.4. The van der Waals surface area contributed by atoms with Gasteiger partial charge in [-0.05, 0) is 38.5 Å². The Morgan fingerprint density at radius 3 is 1.33 bits per heavy atom. The van der Waals surface area contributed by atoms with Crippen molar-refractivity contribution in [3.05, 3.63) is 12.2 Å². The lowest BCUT2D eigenvalue weighted by Crippen LogP contribution is -2.66. The molecule has 73 heavy (non-hydrogen) atoms. The second-order valence-corrected chi connectivity index (χ2v) is 20.8. The molecule has 17 atom stereocenters. The Morgan fingerprint density at radius 1 is 0.479 bits per heavy atom. The molecule has 3 saturated heterocycles. The van der Waals surface area contributed by atoms with E-state index in [-0.39, 0.29) is 18.9 Å². The maximum Gasteiger partial charge on any atom is 0.220 e. The van der Waals surface area contributed by atoms with Gasteiger partial charge in [0.05, 0.1) is 38.6 Å². The monoisotopic (exact) mass is 1050 g/mol. The number of aliphatic hydroxyl groups excluding tert-OH is 11. The molecule has 0 saturated carbocycles. The molecule has 0 radical (unpaired) electrons. The van der Waals surface area contributed by atoms with Crippen LogP contribution in [0.5, 0.6) is 0 Å². The minimum absolute atomic E-state index is 0.252. The first-order valence-electron chi connectivity index (χ1n) is 28.4. The molecule has 17 unspecified atom stereocenters. The molecule has 0 aromatic carbocycles. The molecule has 19 nitrogen and oxygen atoms in total. The Balaban J connectivity index is 1.53. The summed E-state index contributed by atoms with van der Waals surface area (Å²) in [7, 11) is 0. The average molecular weight is 1050 g/mol. The van der Waals surface area contributed by atoms with Gasteiger partial charge in [-0.2, -0.15) is 0 Å². The summed E-state index contributed by atoms with van der Waals surface area (Å²) in [6.07, 6.45) is 8.72. The Bertz CT molecular complexity index is 1400. The van der Waals surface area contributed by atoms with Gasteiger partial charge in [-0.1, -0.05) is 161 Å². The molecule has 0 aromatic heterocycles. The van der Waals surface area contributed by atoms with Crippen LogP contribution in [-0.2, 0) is 33.2 Å². The third kappa shape index (κ3) is 24.0. The number of ether oxygens (including phenoxy) is 6. The smallest absolute Gasteiger partial charge is 0.220 e. The molecule has 3 heterocycles. The van der Waals surface area contributed by atoms with Gasteiger partial charge in [0.2, 0.25) is 5.91 Å². The van der Waals surface area contributed by atoms with E-state index in [1.807, 2.05) is 0 Å². The molecule has 1 amide bonds. The van der Waals surface area contributed by atoms with Crippen molar-refractivity contribution >= 4 is 5.91 Å². The molecule has 19 heteroatoms. The summed E-state index contributed by atoms with van der Waals surface area (Å²) < 4.78 is 34.2. The standard InChI is InChI=1S/C54H101NO18/c1-3-5-7-9-11-13-15-17-19-21-23-25-27-29-31-38(59)37(55-42(60)32-30-28-26-24-22-20-18-16-14-12-10-8-6-4-2)36-68-52-48(66)45(63)50(40(34-57)70-52)73-54-49(67)46(64)51(41(35-58)71-54)72-53-47(65)44(62)43(61)39(33-56)69-53/h16,18,37-41,43-54,56-59,61-67H,3-15,17,19-36H2,1-2H3,(H,55,60)/b18-16-. The Morgan fingerprint density at radius 2 is 0.863 bits per heavy atom. The number of rotatable bonds is 41. The SMILES string of the molecule is CCCCCCC/C=C\CCCCCCCC(=O)NC(COC1OC(CO)C(OC2OC(CO)C(OC3OC(CO)C(O)C(O)C3O)C(O)C2O)C(O)C1O)C(O)CCCCCCCCCCCCCCCC. The summed E-state index contributed by atoms with van der Waals surface area (Å²) in [6.45, 7) is 1.76. The highest BCUT2D eigenvalue weighted by molar-refractivity contribution is 5.76. The van der Waals surface area contributed by atoms with Crippen molar-refractivity contribution in [2.24, 2.45) is 0 Å². The minimum atomic E-state index is -1.97. The van der Waals surface area contributed by atoms with E-state index < -0.39 is 124 Å². The highest BCUT2D eigenvalue weighted by atomic mass is 16.8. The van der Waals surface area contributed by atoms with E-state index in [1.165, 1.54) is 96.3 Å². The molecule has 0 aromatic rings. The van der Waals surface area contributed by atoms with E-state index in [0.717, 1.165) is 64.2 Å². The van der Waals surface area contributed by atoms with E-state index >= 15 is 0 Å². The second kappa shape index (κ2) is 39.0. The summed E-state index contributed by atoms with van der Waals surface area (Å²) in [5, 5.41) is 120. The van der Waals surface area contributed by atoms with Crippen molar-refractivity contribution in [2.45, 2.75) is 298 Å². The fourth-order valence-corrected chi connectivity index (χ4v) is 9.84.